The number of phenolic OH excluding ortho intramolecular Hbond substituents is 1. The number of fused-ring (bicyclic) bond motifs is 1. The number of carbonyl (C=O) groups is 2. The molecule has 3 rings (SSSR count). The van der Waals surface area contributed by atoms with Crippen LogP contribution in [0.4, 0.5) is 0 Å². The largest absolute Gasteiger partial charge is 0.508 e. The molecular formula is C19H19NO5. The van der Waals surface area contributed by atoms with Crippen LogP contribution in [0.15, 0.2) is 48.5 Å². The molecule has 1 aliphatic heterocycles. The molecule has 6 heteroatoms. The van der Waals surface area contributed by atoms with E-state index in [-0.39, 0.29) is 24.8 Å². The van der Waals surface area contributed by atoms with Crippen LogP contribution in [0.1, 0.15) is 33.4 Å². The van der Waals surface area contributed by atoms with Gasteiger partial charge < -0.3 is 19.8 Å². The molecule has 2 aromatic rings. The van der Waals surface area contributed by atoms with E-state index in [1.807, 2.05) is 0 Å². The van der Waals surface area contributed by atoms with Crippen molar-refractivity contribution in [3.63, 3.8) is 0 Å². The minimum absolute atomic E-state index is 0.0339. The molecule has 0 aromatic heterocycles. The fraction of sp³-hybridized carbons (Fsp3) is 0.263. The van der Waals surface area contributed by atoms with Crippen LogP contribution < -0.4 is 0 Å². The van der Waals surface area contributed by atoms with Gasteiger partial charge in [0.2, 0.25) is 0 Å². The van der Waals surface area contributed by atoms with Crippen molar-refractivity contribution in [3.8, 4) is 5.75 Å². The first-order valence-corrected chi connectivity index (χ1v) is 7.95. The Morgan fingerprint density at radius 1 is 1.12 bits per heavy atom. The molecule has 0 saturated carbocycles. The van der Waals surface area contributed by atoms with E-state index >= 15 is 0 Å². The van der Waals surface area contributed by atoms with Crippen molar-refractivity contribution < 1.29 is 24.5 Å². The molecule has 2 aromatic carbocycles. The summed E-state index contributed by atoms with van der Waals surface area (Å²) in [5.41, 5.74) is 1.24. The number of aliphatic carboxylic acids is 1. The summed E-state index contributed by atoms with van der Waals surface area (Å²) < 4.78 is 5.09. The lowest BCUT2D eigenvalue weighted by Crippen LogP contribution is -2.46. The van der Waals surface area contributed by atoms with Crippen molar-refractivity contribution >= 4 is 11.9 Å². The predicted octanol–water partition coefficient (Wildman–Crippen LogP) is 2.40. The zero-order valence-electron chi connectivity index (χ0n) is 13.8. The smallest absolute Gasteiger partial charge is 0.313 e. The van der Waals surface area contributed by atoms with E-state index in [9.17, 15) is 19.8 Å². The van der Waals surface area contributed by atoms with E-state index in [1.54, 1.807) is 42.5 Å². The average molecular weight is 341 g/mol. The number of carbonyl (C=O) groups excluding carboxylic acids is 1. The molecule has 1 heterocycles. The first-order chi connectivity index (χ1) is 12.1. The van der Waals surface area contributed by atoms with Crippen LogP contribution in [-0.4, -0.2) is 47.3 Å². The summed E-state index contributed by atoms with van der Waals surface area (Å²) in [7, 11) is 1.52. The fourth-order valence-electron chi connectivity index (χ4n) is 3.38. The van der Waals surface area contributed by atoms with Gasteiger partial charge in [0.05, 0.1) is 12.6 Å². The van der Waals surface area contributed by atoms with Gasteiger partial charge in [0.1, 0.15) is 11.7 Å². The van der Waals surface area contributed by atoms with Crippen LogP contribution >= 0.6 is 0 Å². The molecule has 6 nitrogen and oxygen atoms in total. The van der Waals surface area contributed by atoms with Gasteiger partial charge in [-0.3, -0.25) is 9.59 Å². The van der Waals surface area contributed by atoms with E-state index in [0.29, 0.717) is 16.7 Å². The number of rotatable bonds is 5. The molecule has 0 radical (unpaired) electrons. The van der Waals surface area contributed by atoms with Crippen molar-refractivity contribution in [1.29, 1.82) is 0 Å². The Morgan fingerprint density at radius 3 is 2.40 bits per heavy atom. The number of benzene rings is 2. The van der Waals surface area contributed by atoms with Gasteiger partial charge in [-0.2, -0.15) is 0 Å². The molecule has 0 bridgehead atoms. The maximum Gasteiger partial charge on any atom is 0.313 e. The molecule has 1 amide bonds. The Bertz CT molecular complexity index is 804. The summed E-state index contributed by atoms with van der Waals surface area (Å²) in [5, 5.41) is 20.2. The molecule has 0 spiro atoms. The molecule has 2 N–H and O–H groups in total. The second-order valence-electron chi connectivity index (χ2n) is 5.90. The van der Waals surface area contributed by atoms with Gasteiger partial charge >= 0.3 is 5.97 Å². The quantitative estimate of drug-likeness (QED) is 0.872. The summed E-state index contributed by atoms with van der Waals surface area (Å²) in [6.45, 7) is 0.497. The minimum atomic E-state index is -1.05. The maximum atomic E-state index is 13.0. The Balaban J connectivity index is 2.21. The third kappa shape index (κ3) is 2.96. The number of nitrogens with zero attached hydrogens (tertiary/aromatic N) is 1. The maximum absolute atomic E-state index is 13.0. The summed E-state index contributed by atoms with van der Waals surface area (Å²) in [6, 6.07) is 12.4. The number of amides is 1. The number of aromatic hydroxyl groups is 1. The molecule has 25 heavy (non-hydrogen) atoms. The number of hydrogen-bond donors (Lipinski definition) is 2. The van der Waals surface area contributed by atoms with Gasteiger partial charge in [-0.05, 0) is 17.7 Å². The standard InChI is InChI=1S/C19H19NO5/c1-25-11-10-20-17(14-8-4-5-9-15(14)21)16(19(23)24)12-6-2-3-7-13(12)18(20)22/h2-9,16-17,21H,10-11H2,1H3,(H,23,24). The lowest BCUT2D eigenvalue weighted by Gasteiger charge is -2.40. The normalized spacial score (nSPS) is 19.6. The van der Waals surface area contributed by atoms with E-state index in [4.69, 9.17) is 4.74 Å². The number of hydrogen-bond acceptors (Lipinski definition) is 4. The van der Waals surface area contributed by atoms with Crippen LogP contribution in [-0.2, 0) is 9.53 Å². The van der Waals surface area contributed by atoms with E-state index in [2.05, 4.69) is 0 Å². The number of para-hydroxylation sites is 1. The van der Waals surface area contributed by atoms with Gasteiger partial charge in [0, 0.05) is 24.8 Å². The highest BCUT2D eigenvalue weighted by Crippen LogP contribution is 2.44. The molecule has 0 aliphatic carbocycles. The Kier molecular flexibility index (Phi) is 4.72. The van der Waals surface area contributed by atoms with Crippen molar-refractivity contribution in [1.82, 2.24) is 4.90 Å². The number of ether oxygens (including phenoxy) is 1. The second kappa shape index (κ2) is 6.94. The zero-order chi connectivity index (χ0) is 18.0. The predicted molar refractivity (Wildman–Crippen MR) is 90.6 cm³/mol. The van der Waals surface area contributed by atoms with Crippen LogP contribution in [0.5, 0.6) is 5.75 Å². The minimum Gasteiger partial charge on any atom is -0.508 e. The third-order valence-corrected chi connectivity index (χ3v) is 4.50. The topological polar surface area (TPSA) is 87.1 Å². The average Bonchev–Trinajstić information content (AvgIpc) is 2.61. The molecule has 0 fully saturated rings. The summed E-state index contributed by atoms with van der Waals surface area (Å²) in [4.78, 5) is 26.5. The monoisotopic (exact) mass is 341 g/mol. The summed E-state index contributed by atoms with van der Waals surface area (Å²) >= 11 is 0. The highest BCUT2D eigenvalue weighted by molar-refractivity contribution is 6.00. The second-order valence-corrected chi connectivity index (χ2v) is 5.90. The number of carboxylic acids is 1. The Morgan fingerprint density at radius 2 is 1.76 bits per heavy atom. The zero-order valence-corrected chi connectivity index (χ0v) is 13.8. The highest BCUT2D eigenvalue weighted by Gasteiger charge is 2.44. The molecule has 2 atom stereocenters. The fourth-order valence-corrected chi connectivity index (χ4v) is 3.38. The van der Waals surface area contributed by atoms with Crippen molar-refractivity contribution in [3.05, 3.63) is 65.2 Å². The van der Waals surface area contributed by atoms with E-state index < -0.39 is 17.9 Å². The Hall–Kier alpha value is -2.86. The van der Waals surface area contributed by atoms with Crippen molar-refractivity contribution in [2.45, 2.75) is 12.0 Å². The Labute approximate surface area is 145 Å². The van der Waals surface area contributed by atoms with E-state index in [0.717, 1.165) is 0 Å². The van der Waals surface area contributed by atoms with Gasteiger partial charge in [-0.1, -0.05) is 36.4 Å². The molecule has 2 unspecified atom stereocenters. The SMILES string of the molecule is COCCN1C(=O)c2ccccc2C(C(=O)O)C1c1ccccc1O. The molecule has 0 saturated heterocycles. The molecule has 1 aliphatic rings. The van der Waals surface area contributed by atoms with E-state index in [1.165, 1.54) is 18.1 Å². The van der Waals surface area contributed by atoms with Crippen LogP contribution in [0.2, 0.25) is 0 Å². The summed E-state index contributed by atoms with van der Waals surface area (Å²) in [5.74, 6) is -2.32. The van der Waals surface area contributed by atoms with Gasteiger partial charge in [0.15, 0.2) is 0 Å². The van der Waals surface area contributed by atoms with Gasteiger partial charge in [-0.15, -0.1) is 0 Å². The summed E-state index contributed by atoms with van der Waals surface area (Å²) in [6.07, 6.45) is 0. The first-order valence-electron chi connectivity index (χ1n) is 7.95. The number of carboxylic acid groups (broad SMARTS) is 1. The number of methoxy groups -OCH3 is 1. The van der Waals surface area contributed by atoms with Crippen LogP contribution in [0.25, 0.3) is 0 Å². The van der Waals surface area contributed by atoms with Gasteiger partial charge in [0.25, 0.3) is 5.91 Å². The third-order valence-electron chi connectivity index (χ3n) is 4.50. The van der Waals surface area contributed by atoms with Crippen molar-refractivity contribution in [2.24, 2.45) is 0 Å². The van der Waals surface area contributed by atoms with Crippen LogP contribution in [0.3, 0.4) is 0 Å². The van der Waals surface area contributed by atoms with Crippen LogP contribution in [0, 0.1) is 0 Å². The number of phenols is 1. The lowest BCUT2D eigenvalue weighted by molar-refractivity contribution is -0.140. The first kappa shape index (κ1) is 17.0. The van der Waals surface area contributed by atoms with Gasteiger partial charge in [-0.25, -0.2) is 0 Å². The lowest BCUT2D eigenvalue weighted by atomic mass is 9.79. The molecular weight excluding hydrogens is 322 g/mol. The highest BCUT2D eigenvalue weighted by atomic mass is 16.5. The molecule has 130 valence electrons. The van der Waals surface area contributed by atoms with Crippen molar-refractivity contribution in [2.75, 3.05) is 20.3 Å².